The van der Waals surface area contributed by atoms with Crippen LogP contribution >= 0.6 is 0 Å². The summed E-state index contributed by atoms with van der Waals surface area (Å²) in [5.74, 6) is 0.347. The van der Waals surface area contributed by atoms with Gasteiger partial charge in [-0.3, -0.25) is 14.9 Å². The molecule has 2 aromatic carbocycles. The van der Waals surface area contributed by atoms with Crippen LogP contribution in [0.1, 0.15) is 10.4 Å². The number of benzene rings is 2. The number of methoxy groups -OCH3 is 2. The Kier molecular flexibility index (Phi) is 6.30. The molecule has 0 aliphatic carbocycles. The molecule has 132 valence electrons. The molecule has 2 rings (SSSR count). The number of para-hydroxylation sites is 1. The average Bonchev–Trinajstić information content (AvgIpc) is 2.62. The van der Waals surface area contributed by atoms with E-state index in [-0.39, 0.29) is 11.3 Å². The van der Waals surface area contributed by atoms with Gasteiger partial charge in [0, 0.05) is 24.9 Å². The zero-order valence-electron chi connectivity index (χ0n) is 13.9. The Morgan fingerprint density at radius 3 is 2.56 bits per heavy atom. The first kappa shape index (κ1) is 18.2. The molecule has 0 aliphatic rings. The van der Waals surface area contributed by atoms with Crippen LogP contribution in [0.3, 0.4) is 0 Å². The highest BCUT2D eigenvalue weighted by molar-refractivity contribution is 6.07. The van der Waals surface area contributed by atoms with Crippen LogP contribution in [0, 0.1) is 10.1 Å². The number of ether oxygens (including phenoxy) is 3. The van der Waals surface area contributed by atoms with Crippen molar-refractivity contribution >= 4 is 17.3 Å². The molecule has 2 aromatic rings. The minimum absolute atomic E-state index is 0.0230. The molecule has 0 atom stereocenters. The van der Waals surface area contributed by atoms with Gasteiger partial charge in [-0.15, -0.1) is 0 Å². The predicted molar refractivity (Wildman–Crippen MR) is 91.4 cm³/mol. The maximum atomic E-state index is 12.4. The third-order valence-corrected chi connectivity index (χ3v) is 3.31. The monoisotopic (exact) mass is 346 g/mol. The van der Waals surface area contributed by atoms with Crippen molar-refractivity contribution in [1.29, 1.82) is 0 Å². The number of nitrogens with one attached hydrogen (secondary N) is 1. The summed E-state index contributed by atoms with van der Waals surface area (Å²) in [4.78, 5) is 22.8. The summed E-state index contributed by atoms with van der Waals surface area (Å²) in [5.41, 5.74) is 0.145. The lowest BCUT2D eigenvalue weighted by atomic mass is 10.1. The van der Waals surface area contributed by atoms with Crippen molar-refractivity contribution in [3.63, 3.8) is 0 Å². The van der Waals surface area contributed by atoms with Crippen molar-refractivity contribution < 1.29 is 23.9 Å². The van der Waals surface area contributed by atoms with Crippen molar-refractivity contribution in [2.24, 2.45) is 0 Å². The van der Waals surface area contributed by atoms with Crippen molar-refractivity contribution in [2.75, 3.05) is 32.8 Å². The highest BCUT2D eigenvalue weighted by Gasteiger charge is 2.19. The van der Waals surface area contributed by atoms with E-state index in [1.54, 1.807) is 31.4 Å². The summed E-state index contributed by atoms with van der Waals surface area (Å²) >= 11 is 0. The molecule has 8 nitrogen and oxygen atoms in total. The summed E-state index contributed by atoms with van der Waals surface area (Å²) in [6.07, 6.45) is 0. The number of hydrogen-bond donors (Lipinski definition) is 1. The van der Waals surface area contributed by atoms with Crippen molar-refractivity contribution in [2.45, 2.75) is 0 Å². The number of rotatable bonds is 8. The van der Waals surface area contributed by atoms with Crippen molar-refractivity contribution in [1.82, 2.24) is 0 Å². The normalized spacial score (nSPS) is 10.2. The number of carbonyl (C=O) groups excluding carboxylic acids is 1. The van der Waals surface area contributed by atoms with Crippen LogP contribution < -0.4 is 14.8 Å². The van der Waals surface area contributed by atoms with Crippen LogP contribution in [-0.4, -0.2) is 38.3 Å². The molecule has 0 fully saturated rings. The molecule has 0 saturated heterocycles. The van der Waals surface area contributed by atoms with Crippen molar-refractivity contribution in [3.8, 4) is 11.5 Å². The molecule has 8 heteroatoms. The maximum Gasteiger partial charge on any atom is 0.282 e. The van der Waals surface area contributed by atoms with E-state index < -0.39 is 10.8 Å². The number of nitro benzene ring substituents is 1. The number of hydrogen-bond acceptors (Lipinski definition) is 6. The van der Waals surface area contributed by atoms with Crippen LogP contribution in [0.5, 0.6) is 11.5 Å². The number of nitrogens with zero attached hydrogens (tertiary/aromatic N) is 1. The van der Waals surface area contributed by atoms with Gasteiger partial charge in [0.15, 0.2) is 11.5 Å². The lowest BCUT2D eigenvalue weighted by molar-refractivity contribution is -0.385. The first-order valence-electron chi connectivity index (χ1n) is 7.41. The average molecular weight is 346 g/mol. The van der Waals surface area contributed by atoms with Gasteiger partial charge in [0.2, 0.25) is 0 Å². The Labute approximate surface area is 144 Å². The summed E-state index contributed by atoms with van der Waals surface area (Å²) in [5, 5.41) is 13.7. The standard InChI is InChI=1S/C17H18N2O6/c1-23-9-10-25-16-11-12(7-8-15(16)24-2)18-17(20)13-5-3-4-6-14(13)19(21)22/h3-8,11H,9-10H2,1-2H3,(H,18,20). The minimum atomic E-state index is -0.595. The molecule has 0 unspecified atom stereocenters. The van der Waals surface area contributed by atoms with Gasteiger partial charge in [-0.1, -0.05) is 12.1 Å². The topological polar surface area (TPSA) is 99.9 Å². The maximum absolute atomic E-state index is 12.4. The van der Waals surface area contributed by atoms with E-state index in [1.807, 2.05) is 0 Å². The van der Waals surface area contributed by atoms with Crippen LogP contribution in [0.25, 0.3) is 0 Å². The Bertz CT molecular complexity index is 763. The van der Waals surface area contributed by atoms with Crippen LogP contribution in [0.2, 0.25) is 0 Å². The highest BCUT2D eigenvalue weighted by Crippen LogP contribution is 2.30. The fourth-order valence-electron chi connectivity index (χ4n) is 2.13. The van der Waals surface area contributed by atoms with Gasteiger partial charge < -0.3 is 19.5 Å². The quantitative estimate of drug-likeness (QED) is 0.448. The van der Waals surface area contributed by atoms with Gasteiger partial charge >= 0.3 is 0 Å². The molecule has 0 spiro atoms. The van der Waals surface area contributed by atoms with E-state index in [0.29, 0.717) is 30.4 Å². The minimum Gasteiger partial charge on any atom is -0.493 e. The molecule has 0 bridgehead atoms. The first-order chi connectivity index (χ1) is 12.1. The number of anilines is 1. The largest absolute Gasteiger partial charge is 0.493 e. The smallest absolute Gasteiger partial charge is 0.282 e. The highest BCUT2D eigenvalue weighted by atomic mass is 16.6. The zero-order chi connectivity index (χ0) is 18.2. The Hall–Kier alpha value is -3.13. The molecule has 0 aromatic heterocycles. The molecule has 25 heavy (non-hydrogen) atoms. The number of nitro groups is 1. The van der Waals surface area contributed by atoms with Crippen molar-refractivity contribution in [3.05, 3.63) is 58.1 Å². The van der Waals surface area contributed by atoms with E-state index in [1.165, 1.54) is 25.3 Å². The molecule has 0 heterocycles. The fourth-order valence-corrected chi connectivity index (χ4v) is 2.13. The van der Waals surface area contributed by atoms with Gasteiger partial charge in [-0.25, -0.2) is 0 Å². The predicted octanol–water partition coefficient (Wildman–Crippen LogP) is 2.88. The third-order valence-electron chi connectivity index (χ3n) is 3.31. The van der Waals surface area contributed by atoms with Crippen LogP contribution in [-0.2, 0) is 4.74 Å². The van der Waals surface area contributed by atoms with Gasteiger partial charge in [0.25, 0.3) is 11.6 Å². The molecule has 1 N–H and O–H groups in total. The van der Waals surface area contributed by atoms with Crippen LogP contribution in [0.15, 0.2) is 42.5 Å². The van der Waals surface area contributed by atoms with E-state index >= 15 is 0 Å². The van der Waals surface area contributed by atoms with Gasteiger partial charge in [-0.05, 0) is 18.2 Å². The molecular formula is C17H18N2O6. The zero-order valence-corrected chi connectivity index (χ0v) is 13.9. The second kappa shape index (κ2) is 8.65. The fraction of sp³-hybridized carbons (Fsp3) is 0.235. The Morgan fingerprint density at radius 1 is 1.12 bits per heavy atom. The van der Waals surface area contributed by atoms with E-state index in [2.05, 4.69) is 5.32 Å². The first-order valence-corrected chi connectivity index (χ1v) is 7.41. The second-order valence-corrected chi connectivity index (χ2v) is 4.94. The summed E-state index contributed by atoms with van der Waals surface area (Å²) < 4.78 is 15.7. The number of carbonyl (C=O) groups is 1. The van der Waals surface area contributed by atoms with Gasteiger partial charge in [-0.2, -0.15) is 0 Å². The molecule has 0 radical (unpaired) electrons. The van der Waals surface area contributed by atoms with Crippen LogP contribution in [0.4, 0.5) is 11.4 Å². The Balaban J connectivity index is 2.21. The lowest BCUT2D eigenvalue weighted by Gasteiger charge is -2.13. The summed E-state index contributed by atoms with van der Waals surface area (Å²) in [6.45, 7) is 0.713. The van der Waals surface area contributed by atoms with E-state index in [4.69, 9.17) is 14.2 Å². The van der Waals surface area contributed by atoms with E-state index in [0.717, 1.165) is 0 Å². The molecular weight excluding hydrogens is 328 g/mol. The molecule has 0 aliphatic heterocycles. The third kappa shape index (κ3) is 4.67. The second-order valence-electron chi connectivity index (χ2n) is 4.94. The summed E-state index contributed by atoms with van der Waals surface area (Å²) in [7, 11) is 3.06. The van der Waals surface area contributed by atoms with Gasteiger partial charge in [0.1, 0.15) is 12.2 Å². The SMILES string of the molecule is COCCOc1cc(NC(=O)c2ccccc2[N+](=O)[O-])ccc1OC. The summed E-state index contributed by atoms with van der Waals surface area (Å²) in [6, 6.07) is 10.6. The molecule has 0 saturated carbocycles. The van der Waals surface area contributed by atoms with E-state index in [9.17, 15) is 14.9 Å². The Morgan fingerprint density at radius 2 is 1.88 bits per heavy atom. The number of amides is 1. The molecule has 1 amide bonds. The lowest BCUT2D eigenvalue weighted by Crippen LogP contribution is -2.14. The van der Waals surface area contributed by atoms with Gasteiger partial charge in [0.05, 0.1) is 18.6 Å².